The summed E-state index contributed by atoms with van der Waals surface area (Å²) in [6.07, 6.45) is 2.79. The molecule has 3 atom stereocenters. The zero-order valence-electron chi connectivity index (χ0n) is 26.1. The van der Waals surface area contributed by atoms with Crippen LogP contribution in [0, 0.1) is 0 Å². The van der Waals surface area contributed by atoms with Crippen LogP contribution in [0.15, 0.2) is 54.6 Å². The predicted octanol–water partition coefficient (Wildman–Crippen LogP) is 2.95. The van der Waals surface area contributed by atoms with Crippen molar-refractivity contribution < 1.29 is 29.0 Å². The summed E-state index contributed by atoms with van der Waals surface area (Å²) in [6.45, 7) is 4.22. The molecule has 2 aromatic rings. The molecule has 0 spiro atoms. The smallest absolute Gasteiger partial charge is 0.247 e. The van der Waals surface area contributed by atoms with Gasteiger partial charge in [-0.05, 0) is 42.5 Å². The van der Waals surface area contributed by atoms with Crippen molar-refractivity contribution in [3.8, 4) is 5.75 Å². The molecular formula is C33H50N4O6. The van der Waals surface area contributed by atoms with Crippen molar-refractivity contribution in [2.45, 2.75) is 89.6 Å². The second-order valence-electron chi connectivity index (χ2n) is 10.8. The van der Waals surface area contributed by atoms with Crippen LogP contribution < -0.4 is 21.1 Å². The highest BCUT2D eigenvalue weighted by Crippen LogP contribution is 2.17. The first kappa shape index (κ1) is 35.7. The molecule has 10 heteroatoms. The maximum absolute atomic E-state index is 14.1. The molecule has 0 bridgehead atoms. The van der Waals surface area contributed by atoms with E-state index in [2.05, 4.69) is 24.5 Å². The molecule has 0 aliphatic rings. The Morgan fingerprint density at radius 3 is 2.23 bits per heavy atom. The van der Waals surface area contributed by atoms with E-state index < -0.39 is 30.0 Å². The number of nitrogens with one attached hydrogen (secondary N) is 2. The zero-order valence-corrected chi connectivity index (χ0v) is 26.1. The molecule has 0 saturated carbocycles. The van der Waals surface area contributed by atoms with Gasteiger partial charge in [-0.15, -0.1) is 0 Å². The number of carbonyl (C=O) groups excluding carboxylic acids is 3. The van der Waals surface area contributed by atoms with Crippen molar-refractivity contribution >= 4 is 17.7 Å². The van der Waals surface area contributed by atoms with Crippen LogP contribution in [0.4, 0.5) is 0 Å². The quantitative estimate of drug-likeness (QED) is 0.184. The Balaban J connectivity index is 2.32. The lowest BCUT2D eigenvalue weighted by Crippen LogP contribution is -2.54. The van der Waals surface area contributed by atoms with Gasteiger partial charge in [-0.1, -0.05) is 69.2 Å². The Hall–Kier alpha value is -3.47. The van der Waals surface area contributed by atoms with Crippen molar-refractivity contribution in [2.24, 2.45) is 5.73 Å². The van der Waals surface area contributed by atoms with Crippen molar-refractivity contribution in [2.75, 3.05) is 27.3 Å². The van der Waals surface area contributed by atoms with E-state index in [4.69, 9.17) is 15.2 Å². The van der Waals surface area contributed by atoms with E-state index >= 15 is 0 Å². The van der Waals surface area contributed by atoms with Crippen molar-refractivity contribution in [3.05, 3.63) is 65.7 Å². The second-order valence-corrected chi connectivity index (χ2v) is 10.8. The van der Waals surface area contributed by atoms with Gasteiger partial charge in [0.1, 0.15) is 11.8 Å². The van der Waals surface area contributed by atoms with E-state index in [9.17, 15) is 19.5 Å². The fraction of sp³-hybridized carbons (Fsp3) is 0.545. The molecule has 0 heterocycles. The minimum atomic E-state index is -1.03. The fourth-order valence-electron chi connectivity index (χ4n) is 4.81. The van der Waals surface area contributed by atoms with E-state index in [0.29, 0.717) is 12.2 Å². The van der Waals surface area contributed by atoms with Gasteiger partial charge in [-0.3, -0.25) is 14.4 Å². The molecule has 0 aromatic heterocycles. The molecule has 2 aromatic carbocycles. The molecule has 0 radical (unpaired) electrons. The Kier molecular flexibility index (Phi) is 16.3. The largest absolute Gasteiger partial charge is 0.497 e. The number of benzene rings is 2. The Morgan fingerprint density at radius 2 is 1.60 bits per heavy atom. The van der Waals surface area contributed by atoms with Gasteiger partial charge in [0.2, 0.25) is 17.7 Å². The SMILES string of the molecule is CCCC(CCC)OCC(NC(=O)CCC(=O)NC)C(=O)N(Cc1cccc(OC)c1)C[C@@H](O)[C@@H](N)Cc1ccccc1. The van der Waals surface area contributed by atoms with Gasteiger partial charge in [0, 0.05) is 39.0 Å². The average molecular weight is 599 g/mol. The first-order valence-corrected chi connectivity index (χ1v) is 15.2. The van der Waals surface area contributed by atoms with Gasteiger partial charge in [0.15, 0.2) is 0 Å². The van der Waals surface area contributed by atoms with Crippen LogP contribution in [0.5, 0.6) is 5.75 Å². The lowest BCUT2D eigenvalue weighted by atomic mass is 10.0. The van der Waals surface area contributed by atoms with Gasteiger partial charge in [-0.2, -0.15) is 0 Å². The van der Waals surface area contributed by atoms with E-state index in [0.717, 1.165) is 36.8 Å². The molecule has 3 amide bonds. The number of nitrogens with zero attached hydrogens (tertiary/aromatic N) is 1. The number of hydrogen-bond acceptors (Lipinski definition) is 7. The average Bonchev–Trinajstić information content (AvgIpc) is 3.01. The lowest BCUT2D eigenvalue weighted by Gasteiger charge is -2.32. The highest BCUT2D eigenvalue weighted by molar-refractivity contribution is 5.89. The maximum atomic E-state index is 14.1. The standard InChI is InChI=1S/C33H50N4O6/c1-5-11-26(12-6-2)43-23-29(36-32(40)18-17-31(39)35-3)33(41)37(21-25-15-10-16-27(19-25)42-4)22-30(38)28(34)20-24-13-8-7-9-14-24/h7-10,13-16,19,26,28-30,38H,5-6,11-12,17-18,20-23,34H2,1-4H3,(H,35,39)(H,36,40)/t28-,29?,30+/m0/s1. The van der Waals surface area contributed by atoms with Crippen LogP contribution in [0.2, 0.25) is 0 Å². The minimum Gasteiger partial charge on any atom is -0.497 e. The van der Waals surface area contributed by atoms with E-state index in [1.165, 1.54) is 11.9 Å². The van der Waals surface area contributed by atoms with Crippen LogP contribution >= 0.6 is 0 Å². The zero-order chi connectivity index (χ0) is 31.6. The molecule has 1 unspecified atom stereocenters. The summed E-state index contributed by atoms with van der Waals surface area (Å²) in [6, 6.07) is 15.3. The summed E-state index contributed by atoms with van der Waals surface area (Å²) in [5.41, 5.74) is 8.17. The summed E-state index contributed by atoms with van der Waals surface area (Å²) in [4.78, 5) is 40.3. The van der Waals surface area contributed by atoms with E-state index in [1.54, 1.807) is 7.11 Å². The minimum absolute atomic E-state index is 0.00102. The topological polar surface area (TPSA) is 143 Å². The number of hydrogen-bond donors (Lipinski definition) is 4. The van der Waals surface area contributed by atoms with Crippen molar-refractivity contribution in [3.63, 3.8) is 0 Å². The Morgan fingerprint density at radius 1 is 0.953 bits per heavy atom. The third-order valence-corrected chi connectivity index (χ3v) is 7.25. The van der Waals surface area contributed by atoms with Crippen LogP contribution in [-0.4, -0.2) is 79.3 Å². The molecule has 2 rings (SSSR count). The van der Waals surface area contributed by atoms with Crippen LogP contribution in [-0.2, 0) is 32.1 Å². The van der Waals surface area contributed by atoms with E-state index in [1.807, 2.05) is 54.6 Å². The number of amides is 3. The third kappa shape index (κ3) is 13.1. The number of aliphatic hydroxyl groups excluding tert-OH is 1. The highest BCUT2D eigenvalue weighted by Gasteiger charge is 2.30. The molecule has 0 aliphatic carbocycles. The first-order valence-electron chi connectivity index (χ1n) is 15.2. The van der Waals surface area contributed by atoms with Gasteiger partial charge in [0.25, 0.3) is 0 Å². The molecular weight excluding hydrogens is 548 g/mol. The van der Waals surface area contributed by atoms with Crippen LogP contribution in [0.25, 0.3) is 0 Å². The molecule has 0 aliphatic heterocycles. The maximum Gasteiger partial charge on any atom is 0.247 e. The Bertz CT molecular complexity index is 1110. The van der Waals surface area contributed by atoms with Crippen LogP contribution in [0.1, 0.15) is 63.5 Å². The van der Waals surface area contributed by atoms with Crippen molar-refractivity contribution in [1.29, 1.82) is 0 Å². The van der Waals surface area contributed by atoms with Gasteiger partial charge in [0.05, 0.1) is 25.9 Å². The number of aliphatic hydroxyl groups is 1. The van der Waals surface area contributed by atoms with Gasteiger partial charge in [-0.25, -0.2) is 0 Å². The summed E-state index contributed by atoms with van der Waals surface area (Å²) in [5.74, 6) is -0.476. The van der Waals surface area contributed by atoms with Crippen molar-refractivity contribution in [1.82, 2.24) is 15.5 Å². The highest BCUT2D eigenvalue weighted by atomic mass is 16.5. The number of ether oxygens (including phenoxy) is 2. The summed E-state index contributed by atoms with van der Waals surface area (Å²) in [5, 5.41) is 16.5. The van der Waals surface area contributed by atoms with Crippen LogP contribution in [0.3, 0.4) is 0 Å². The number of nitrogens with two attached hydrogens (primary N) is 1. The first-order chi connectivity index (χ1) is 20.7. The molecule has 5 N–H and O–H groups in total. The molecule has 238 valence electrons. The lowest BCUT2D eigenvalue weighted by molar-refractivity contribution is -0.141. The summed E-state index contributed by atoms with van der Waals surface area (Å²) >= 11 is 0. The molecule has 10 nitrogen and oxygen atoms in total. The number of rotatable bonds is 20. The summed E-state index contributed by atoms with van der Waals surface area (Å²) in [7, 11) is 3.07. The van der Waals surface area contributed by atoms with Gasteiger partial charge >= 0.3 is 0 Å². The fourth-order valence-corrected chi connectivity index (χ4v) is 4.81. The monoisotopic (exact) mass is 598 g/mol. The second kappa shape index (κ2) is 19.7. The normalized spacial score (nSPS) is 13.2. The number of carbonyl (C=O) groups is 3. The molecule has 0 fully saturated rings. The molecule has 0 saturated heterocycles. The summed E-state index contributed by atoms with van der Waals surface area (Å²) < 4.78 is 11.5. The van der Waals surface area contributed by atoms with Gasteiger partial charge < -0.3 is 35.8 Å². The van der Waals surface area contributed by atoms with E-state index in [-0.39, 0.29) is 44.5 Å². The molecule has 43 heavy (non-hydrogen) atoms. The third-order valence-electron chi connectivity index (χ3n) is 7.25. The Labute approximate surface area is 256 Å². The predicted molar refractivity (Wildman–Crippen MR) is 167 cm³/mol. The number of methoxy groups -OCH3 is 1.